The molecule has 0 spiro atoms. The summed E-state index contributed by atoms with van der Waals surface area (Å²) in [6, 6.07) is 13.2. The lowest BCUT2D eigenvalue weighted by molar-refractivity contribution is 1.75. The predicted octanol–water partition coefficient (Wildman–Crippen LogP) is 5.80. The van der Waals surface area contributed by atoms with Crippen LogP contribution in [0.3, 0.4) is 0 Å². The fourth-order valence-electron chi connectivity index (χ4n) is 2.08. The molecule has 16 heavy (non-hydrogen) atoms. The zero-order chi connectivity index (χ0) is 11.3. The Morgan fingerprint density at radius 2 is 1.25 bits per heavy atom. The first-order chi connectivity index (χ1) is 7.66. The maximum Gasteiger partial charge on any atom is 0.181 e. The van der Waals surface area contributed by atoms with E-state index in [1.165, 1.54) is 20.2 Å². The van der Waals surface area contributed by atoms with Gasteiger partial charge >= 0.3 is 0 Å². The maximum absolute atomic E-state index is 3.55. The number of halogens is 2. The smallest absolute Gasteiger partial charge is 0.0508 e. The first kappa shape index (κ1) is 10.8. The Balaban J connectivity index is 2.60. The van der Waals surface area contributed by atoms with E-state index in [0.717, 1.165) is 8.95 Å². The Kier molecular flexibility index (Phi) is 2.57. The number of aryl methyl sites for hydroxylation is 1. The lowest BCUT2D eigenvalue weighted by Gasteiger charge is -1.90. The van der Waals surface area contributed by atoms with E-state index in [2.05, 4.69) is 74.5 Å². The first-order valence-electron chi connectivity index (χ1n) is 4.92. The van der Waals surface area contributed by atoms with Crippen molar-refractivity contribution in [1.82, 2.24) is 0 Å². The summed E-state index contributed by atoms with van der Waals surface area (Å²) in [4.78, 5) is 0. The van der Waals surface area contributed by atoms with Gasteiger partial charge in [0.1, 0.15) is 6.26 Å². The largest absolute Gasteiger partial charge is 0.181 e. The summed E-state index contributed by atoms with van der Waals surface area (Å²) in [7, 11) is 0.219. The van der Waals surface area contributed by atoms with E-state index in [4.69, 9.17) is 0 Å². The summed E-state index contributed by atoms with van der Waals surface area (Å²) in [5.74, 6) is 0. The molecule has 3 rings (SSSR count). The Bertz CT molecular complexity index is 639. The van der Waals surface area contributed by atoms with Gasteiger partial charge in [-0.2, -0.15) is 0 Å². The molecule has 0 N–H and O–H groups in total. The fourth-order valence-corrected chi connectivity index (χ4v) is 4.58. The zero-order valence-electron chi connectivity index (χ0n) is 8.63. The molecule has 0 aliphatic heterocycles. The van der Waals surface area contributed by atoms with Crippen molar-refractivity contribution in [3.05, 3.63) is 45.3 Å². The van der Waals surface area contributed by atoms with Gasteiger partial charge in [0.25, 0.3) is 0 Å². The third-order valence-corrected chi connectivity index (χ3v) is 5.85. The number of thiophene rings is 1. The molecular formula is C13H9Br2S+. The molecule has 0 aliphatic carbocycles. The highest BCUT2D eigenvalue weighted by molar-refractivity contribution is 9.10. The summed E-state index contributed by atoms with van der Waals surface area (Å²) in [6.07, 6.45) is 2.30. The van der Waals surface area contributed by atoms with Crippen LogP contribution in [0.4, 0.5) is 0 Å². The van der Waals surface area contributed by atoms with E-state index in [0.29, 0.717) is 0 Å². The SMILES string of the molecule is C[s+]1c2ccc(Br)cc2c2cc(Br)ccc21. The van der Waals surface area contributed by atoms with Gasteiger partial charge in [-0.05, 0) is 46.9 Å². The van der Waals surface area contributed by atoms with Crippen LogP contribution < -0.4 is 0 Å². The van der Waals surface area contributed by atoms with Crippen molar-refractivity contribution in [2.75, 3.05) is 0 Å². The zero-order valence-corrected chi connectivity index (χ0v) is 12.6. The Morgan fingerprint density at radius 3 is 1.69 bits per heavy atom. The van der Waals surface area contributed by atoms with Gasteiger partial charge in [0.2, 0.25) is 0 Å². The number of hydrogen-bond acceptors (Lipinski definition) is 0. The molecule has 0 saturated carbocycles. The summed E-state index contributed by atoms with van der Waals surface area (Å²) >= 11 is 7.09. The molecule has 0 fully saturated rings. The molecule has 2 aromatic carbocycles. The second-order valence-electron chi connectivity index (χ2n) is 3.79. The Hall–Kier alpha value is -0.380. The minimum atomic E-state index is 0.219. The highest BCUT2D eigenvalue weighted by Crippen LogP contribution is 2.42. The maximum atomic E-state index is 3.55. The molecule has 1 heterocycles. The van der Waals surface area contributed by atoms with Gasteiger partial charge < -0.3 is 0 Å². The quantitative estimate of drug-likeness (QED) is 0.446. The summed E-state index contributed by atoms with van der Waals surface area (Å²) < 4.78 is 5.21. The third kappa shape index (κ3) is 1.53. The highest BCUT2D eigenvalue weighted by Gasteiger charge is 2.17. The predicted molar refractivity (Wildman–Crippen MR) is 80.3 cm³/mol. The van der Waals surface area contributed by atoms with Crippen LogP contribution in [0.25, 0.3) is 20.2 Å². The van der Waals surface area contributed by atoms with Crippen LogP contribution in [-0.4, -0.2) is 0 Å². The topological polar surface area (TPSA) is 0 Å². The molecular weight excluding hydrogens is 348 g/mol. The average molecular weight is 357 g/mol. The fraction of sp³-hybridized carbons (Fsp3) is 0.0769. The van der Waals surface area contributed by atoms with Gasteiger partial charge in [-0.25, -0.2) is 0 Å². The van der Waals surface area contributed by atoms with Gasteiger partial charge in [0.05, 0.1) is 0 Å². The molecule has 0 saturated heterocycles. The van der Waals surface area contributed by atoms with Crippen molar-refractivity contribution in [2.45, 2.75) is 0 Å². The van der Waals surface area contributed by atoms with Gasteiger partial charge in [0.15, 0.2) is 9.40 Å². The molecule has 0 unspecified atom stereocenters. The molecule has 3 heteroatoms. The molecule has 80 valence electrons. The van der Waals surface area contributed by atoms with Crippen LogP contribution in [0.5, 0.6) is 0 Å². The van der Waals surface area contributed by atoms with Crippen molar-refractivity contribution in [2.24, 2.45) is 6.26 Å². The Labute approximate surface area is 114 Å². The van der Waals surface area contributed by atoms with E-state index in [9.17, 15) is 0 Å². The molecule has 0 nitrogen and oxygen atoms in total. The summed E-state index contributed by atoms with van der Waals surface area (Å²) in [5.41, 5.74) is 0. The van der Waals surface area contributed by atoms with Crippen LogP contribution >= 0.6 is 42.3 Å². The van der Waals surface area contributed by atoms with Gasteiger partial charge in [-0.3, -0.25) is 0 Å². The van der Waals surface area contributed by atoms with Crippen molar-refractivity contribution in [3.63, 3.8) is 0 Å². The summed E-state index contributed by atoms with van der Waals surface area (Å²) in [5, 5.41) is 2.74. The van der Waals surface area contributed by atoms with E-state index in [1.807, 2.05) is 0 Å². The Morgan fingerprint density at radius 1 is 0.812 bits per heavy atom. The van der Waals surface area contributed by atoms with E-state index < -0.39 is 0 Å². The van der Waals surface area contributed by atoms with Gasteiger partial charge in [0, 0.05) is 19.7 Å². The van der Waals surface area contributed by atoms with Crippen molar-refractivity contribution < 1.29 is 0 Å². The summed E-state index contributed by atoms with van der Waals surface area (Å²) in [6.45, 7) is 0. The van der Waals surface area contributed by atoms with Crippen LogP contribution in [-0.2, 0) is 6.26 Å². The number of hydrogen-bond donors (Lipinski definition) is 0. The van der Waals surface area contributed by atoms with E-state index >= 15 is 0 Å². The number of benzene rings is 2. The molecule has 1 aromatic heterocycles. The van der Waals surface area contributed by atoms with Crippen LogP contribution in [0.2, 0.25) is 0 Å². The molecule has 3 aromatic rings. The third-order valence-electron chi connectivity index (χ3n) is 2.83. The van der Waals surface area contributed by atoms with Crippen LogP contribution in [0.1, 0.15) is 0 Å². The van der Waals surface area contributed by atoms with E-state index in [1.54, 1.807) is 0 Å². The number of fused-ring (bicyclic) bond motifs is 3. The lowest BCUT2D eigenvalue weighted by atomic mass is 10.2. The lowest BCUT2D eigenvalue weighted by Crippen LogP contribution is -1.67. The minimum absolute atomic E-state index is 0.219. The van der Waals surface area contributed by atoms with Crippen molar-refractivity contribution in [1.29, 1.82) is 0 Å². The van der Waals surface area contributed by atoms with Crippen molar-refractivity contribution >= 4 is 62.5 Å². The molecule has 0 amide bonds. The van der Waals surface area contributed by atoms with Crippen LogP contribution in [0.15, 0.2) is 45.3 Å². The average Bonchev–Trinajstić information content (AvgIpc) is 2.52. The molecule has 0 radical (unpaired) electrons. The van der Waals surface area contributed by atoms with E-state index in [-0.39, 0.29) is 10.5 Å². The minimum Gasteiger partial charge on any atom is -0.0508 e. The van der Waals surface area contributed by atoms with Crippen molar-refractivity contribution in [3.8, 4) is 0 Å². The standard InChI is InChI=1S/C13H9Br2S/c1-16-12-4-2-8(14)6-10(12)11-7-9(15)3-5-13(11)16/h2-7H,1H3/q+1. The van der Waals surface area contributed by atoms with Gasteiger partial charge in [-0.1, -0.05) is 31.9 Å². The second kappa shape index (κ2) is 3.83. The second-order valence-corrected chi connectivity index (χ2v) is 7.52. The number of rotatable bonds is 0. The highest BCUT2D eigenvalue weighted by atomic mass is 79.9. The first-order valence-corrected chi connectivity index (χ1v) is 8.14. The molecule has 0 atom stereocenters. The normalized spacial score (nSPS) is 11.4. The van der Waals surface area contributed by atoms with Crippen LogP contribution in [0, 0.1) is 0 Å². The van der Waals surface area contributed by atoms with Gasteiger partial charge in [-0.15, -0.1) is 0 Å². The monoisotopic (exact) mass is 355 g/mol. The molecule has 0 aliphatic rings. The molecule has 0 bridgehead atoms.